The predicted octanol–water partition coefficient (Wildman–Crippen LogP) is 3.22. The minimum Gasteiger partial charge on any atom is -0.497 e. The lowest BCUT2D eigenvalue weighted by atomic mass is 10.0. The van der Waals surface area contributed by atoms with Gasteiger partial charge in [-0.05, 0) is 49.1 Å². The predicted molar refractivity (Wildman–Crippen MR) is 111 cm³/mol. The molecule has 0 spiro atoms. The number of hydrogen-bond donors (Lipinski definition) is 2. The number of hydrogen-bond acceptors (Lipinski definition) is 7. The summed E-state index contributed by atoms with van der Waals surface area (Å²) in [6, 6.07) is 10.9. The Labute approximate surface area is 174 Å². The Morgan fingerprint density at radius 2 is 1.63 bits per heavy atom. The molecule has 1 amide bonds. The van der Waals surface area contributed by atoms with Gasteiger partial charge >= 0.3 is 5.97 Å². The molecule has 0 fully saturated rings. The van der Waals surface area contributed by atoms with E-state index in [9.17, 15) is 9.59 Å². The molecule has 0 heterocycles. The summed E-state index contributed by atoms with van der Waals surface area (Å²) in [6.45, 7) is 0. The Bertz CT molecular complexity index is 999. The van der Waals surface area contributed by atoms with Crippen molar-refractivity contribution in [2.75, 3.05) is 26.6 Å². The monoisotopic (exact) mass is 412 g/mol. The van der Waals surface area contributed by atoms with Gasteiger partial charge in [-0.1, -0.05) is 6.07 Å². The van der Waals surface area contributed by atoms with Gasteiger partial charge in [0.25, 0.3) is 5.91 Å². The largest absolute Gasteiger partial charge is 0.497 e. The molecule has 0 bridgehead atoms. The Morgan fingerprint density at radius 3 is 2.30 bits per heavy atom. The number of nitrogens with one attached hydrogen (secondary N) is 1. The summed E-state index contributed by atoms with van der Waals surface area (Å²) in [5.41, 5.74) is 2.87. The lowest BCUT2D eigenvalue weighted by Gasteiger charge is -2.15. The summed E-state index contributed by atoms with van der Waals surface area (Å²) in [4.78, 5) is 28.8. The van der Waals surface area contributed by atoms with Gasteiger partial charge in [-0.15, -0.1) is 0 Å². The normalized spacial score (nSPS) is 13.1. The molecule has 2 aromatic carbocycles. The van der Waals surface area contributed by atoms with E-state index in [4.69, 9.17) is 20.1 Å². The Balaban J connectivity index is 1.90. The maximum absolute atomic E-state index is 12.7. The highest BCUT2D eigenvalue weighted by atomic mass is 16.7. The minimum atomic E-state index is -0.674. The van der Waals surface area contributed by atoms with Gasteiger partial charge in [-0.25, -0.2) is 4.79 Å². The van der Waals surface area contributed by atoms with Crippen molar-refractivity contribution in [2.45, 2.75) is 19.3 Å². The number of carbonyl (C=O) groups is 2. The molecule has 0 unspecified atom stereocenters. The first-order chi connectivity index (χ1) is 14.5. The van der Waals surface area contributed by atoms with E-state index in [0.717, 1.165) is 11.1 Å². The molecule has 0 aliphatic heterocycles. The third-order valence-corrected chi connectivity index (χ3v) is 5.01. The van der Waals surface area contributed by atoms with Crippen molar-refractivity contribution >= 4 is 17.6 Å². The number of carbonyl (C=O) groups excluding carboxylic acids is 2. The van der Waals surface area contributed by atoms with Crippen LogP contribution in [0.5, 0.6) is 17.2 Å². The first-order valence-electron chi connectivity index (χ1n) is 9.37. The SMILES string of the molecule is COc1ccc(-c2ccc(NC(=O)C3=C(C(=O)ON)CCC3)c(OC)c2)c(OC)c1. The van der Waals surface area contributed by atoms with E-state index < -0.39 is 5.97 Å². The van der Waals surface area contributed by atoms with Gasteiger partial charge in [0.1, 0.15) is 17.2 Å². The van der Waals surface area contributed by atoms with Crippen molar-refractivity contribution in [3.63, 3.8) is 0 Å². The summed E-state index contributed by atoms with van der Waals surface area (Å²) < 4.78 is 16.2. The van der Waals surface area contributed by atoms with Crippen LogP contribution < -0.4 is 25.4 Å². The van der Waals surface area contributed by atoms with Gasteiger partial charge in [0.05, 0.1) is 27.0 Å². The second-order valence-corrected chi connectivity index (χ2v) is 6.65. The topological polar surface area (TPSA) is 109 Å². The van der Waals surface area contributed by atoms with Crippen molar-refractivity contribution in [3.8, 4) is 28.4 Å². The molecule has 0 aromatic heterocycles. The molecule has 1 aliphatic carbocycles. The Kier molecular flexibility index (Phi) is 6.58. The average molecular weight is 412 g/mol. The number of benzene rings is 2. The van der Waals surface area contributed by atoms with Crippen LogP contribution in [0.4, 0.5) is 5.69 Å². The van der Waals surface area contributed by atoms with E-state index >= 15 is 0 Å². The van der Waals surface area contributed by atoms with Crippen molar-refractivity contribution < 1.29 is 28.6 Å². The van der Waals surface area contributed by atoms with Gasteiger partial charge in [-0.3, -0.25) is 4.79 Å². The van der Waals surface area contributed by atoms with E-state index in [1.165, 1.54) is 7.11 Å². The Hall–Kier alpha value is -3.52. The fourth-order valence-electron chi connectivity index (χ4n) is 3.49. The molecule has 2 aromatic rings. The Morgan fingerprint density at radius 1 is 0.900 bits per heavy atom. The highest BCUT2D eigenvalue weighted by molar-refractivity contribution is 6.10. The molecule has 8 heteroatoms. The van der Waals surface area contributed by atoms with Crippen molar-refractivity contribution in [1.82, 2.24) is 0 Å². The second kappa shape index (κ2) is 9.32. The zero-order valence-electron chi connectivity index (χ0n) is 17.1. The average Bonchev–Trinajstić information content (AvgIpc) is 3.28. The van der Waals surface area contributed by atoms with Crippen LogP contribution in [-0.2, 0) is 14.4 Å². The summed E-state index contributed by atoms with van der Waals surface area (Å²) in [5, 5.41) is 2.82. The van der Waals surface area contributed by atoms with Crippen LogP contribution in [0.2, 0.25) is 0 Å². The van der Waals surface area contributed by atoms with E-state index in [0.29, 0.717) is 53.3 Å². The summed E-state index contributed by atoms with van der Waals surface area (Å²) in [5.74, 6) is 5.73. The first kappa shape index (κ1) is 21.2. The van der Waals surface area contributed by atoms with Crippen LogP contribution in [0.3, 0.4) is 0 Å². The molecular weight excluding hydrogens is 388 g/mol. The number of ether oxygens (including phenoxy) is 3. The zero-order chi connectivity index (χ0) is 21.7. The number of rotatable bonds is 7. The van der Waals surface area contributed by atoms with Crippen molar-refractivity contribution in [3.05, 3.63) is 47.5 Å². The smallest absolute Gasteiger partial charge is 0.352 e. The molecule has 0 atom stereocenters. The van der Waals surface area contributed by atoms with Gasteiger partial charge < -0.3 is 24.4 Å². The standard InChI is InChI=1S/C22H24N2O6/c1-27-14-8-9-15(19(12-14)28-2)13-7-10-18(20(11-13)29-3)24-21(25)16-5-4-6-17(16)22(26)30-23/h7-12H,4-6,23H2,1-3H3,(H,24,25). The molecule has 0 saturated carbocycles. The molecule has 0 radical (unpaired) electrons. The van der Waals surface area contributed by atoms with Crippen LogP contribution in [0.1, 0.15) is 19.3 Å². The first-order valence-corrected chi connectivity index (χ1v) is 9.37. The van der Waals surface area contributed by atoms with E-state index in [2.05, 4.69) is 10.2 Å². The maximum Gasteiger partial charge on any atom is 0.352 e. The lowest BCUT2D eigenvalue weighted by Crippen LogP contribution is -2.19. The van der Waals surface area contributed by atoms with E-state index in [-0.39, 0.29) is 5.91 Å². The van der Waals surface area contributed by atoms with Gasteiger partial charge in [0.2, 0.25) is 0 Å². The highest BCUT2D eigenvalue weighted by Crippen LogP contribution is 2.37. The fraction of sp³-hybridized carbons (Fsp3) is 0.273. The number of nitrogens with two attached hydrogens (primary N) is 1. The molecule has 0 saturated heterocycles. The number of methoxy groups -OCH3 is 3. The van der Waals surface area contributed by atoms with Crippen LogP contribution in [-0.4, -0.2) is 33.2 Å². The quantitative estimate of drug-likeness (QED) is 0.672. The van der Waals surface area contributed by atoms with Gasteiger partial charge in [0.15, 0.2) is 0 Å². The van der Waals surface area contributed by atoms with E-state index in [1.54, 1.807) is 32.4 Å². The number of anilines is 1. The van der Waals surface area contributed by atoms with E-state index in [1.807, 2.05) is 18.2 Å². The molecule has 3 rings (SSSR count). The summed E-state index contributed by atoms with van der Waals surface area (Å²) >= 11 is 0. The third-order valence-electron chi connectivity index (χ3n) is 5.01. The fourth-order valence-corrected chi connectivity index (χ4v) is 3.49. The second-order valence-electron chi connectivity index (χ2n) is 6.65. The van der Waals surface area contributed by atoms with Gasteiger partial charge in [-0.2, -0.15) is 5.90 Å². The lowest BCUT2D eigenvalue weighted by molar-refractivity contribution is -0.139. The molecule has 1 aliphatic rings. The van der Waals surface area contributed by atoms with Crippen LogP contribution >= 0.6 is 0 Å². The van der Waals surface area contributed by atoms with Crippen molar-refractivity contribution in [1.29, 1.82) is 0 Å². The van der Waals surface area contributed by atoms with Crippen LogP contribution in [0.25, 0.3) is 11.1 Å². The molecular formula is C22H24N2O6. The summed E-state index contributed by atoms with van der Waals surface area (Å²) in [7, 11) is 4.70. The minimum absolute atomic E-state index is 0.313. The van der Waals surface area contributed by atoms with Gasteiger partial charge in [0, 0.05) is 22.8 Å². The molecule has 30 heavy (non-hydrogen) atoms. The van der Waals surface area contributed by atoms with Crippen LogP contribution in [0.15, 0.2) is 47.5 Å². The highest BCUT2D eigenvalue weighted by Gasteiger charge is 2.27. The van der Waals surface area contributed by atoms with Crippen LogP contribution in [0, 0.1) is 0 Å². The maximum atomic E-state index is 12.7. The summed E-state index contributed by atoms with van der Waals surface area (Å²) in [6.07, 6.45) is 1.65. The molecule has 8 nitrogen and oxygen atoms in total. The van der Waals surface area contributed by atoms with Crippen molar-refractivity contribution in [2.24, 2.45) is 5.90 Å². The molecule has 3 N–H and O–H groups in total. The third kappa shape index (κ3) is 4.23. The zero-order valence-corrected chi connectivity index (χ0v) is 17.1. The molecule has 158 valence electrons. The number of amides is 1.